The number of aromatic nitrogens is 2. The minimum atomic E-state index is -3.81. The molecule has 0 bridgehead atoms. The number of rotatable bonds is 5. The van der Waals surface area contributed by atoms with E-state index in [1.165, 1.54) is 0 Å². The van der Waals surface area contributed by atoms with Gasteiger partial charge in [-0.2, -0.15) is 5.10 Å². The van der Waals surface area contributed by atoms with E-state index < -0.39 is 26.5 Å². The second kappa shape index (κ2) is 5.43. The molecule has 1 atom stereocenters. The first-order chi connectivity index (χ1) is 9.25. The number of nitrogens with zero attached hydrogens (tertiary/aromatic N) is 1. The van der Waals surface area contributed by atoms with Crippen LogP contribution in [0.1, 0.15) is 17.8 Å². The smallest absolute Gasteiger partial charge is 0.244 e. The molecule has 20 heavy (non-hydrogen) atoms. The van der Waals surface area contributed by atoms with Gasteiger partial charge in [0.05, 0.1) is 23.8 Å². The highest BCUT2D eigenvalue weighted by Gasteiger charge is 2.30. The number of aryl methyl sites for hydroxylation is 1. The maximum Gasteiger partial charge on any atom is 0.244 e. The molecular weight excluding hydrogens is 306 g/mol. The van der Waals surface area contributed by atoms with Crippen LogP contribution in [0.15, 0.2) is 4.90 Å². The Kier molecular flexibility index (Phi) is 4.19. The Morgan fingerprint density at radius 3 is 2.75 bits per heavy atom. The third-order valence-electron chi connectivity index (χ3n) is 3.27. The summed E-state index contributed by atoms with van der Waals surface area (Å²) in [5.41, 5.74) is 0.384. The Labute approximate surface area is 117 Å². The summed E-state index contributed by atoms with van der Waals surface area (Å²) >= 11 is 0. The summed E-state index contributed by atoms with van der Waals surface area (Å²) in [6, 6.07) is 0. The zero-order valence-electron chi connectivity index (χ0n) is 11.0. The van der Waals surface area contributed by atoms with Crippen molar-refractivity contribution in [2.75, 3.05) is 18.1 Å². The Bertz CT molecular complexity index is 692. The predicted molar refractivity (Wildman–Crippen MR) is 71.2 cm³/mol. The average Bonchev–Trinajstić information content (AvgIpc) is 2.90. The third kappa shape index (κ3) is 3.19. The van der Waals surface area contributed by atoms with Gasteiger partial charge in [0, 0.05) is 6.54 Å². The van der Waals surface area contributed by atoms with Crippen LogP contribution in [0.25, 0.3) is 0 Å². The highest BCUT2D eigenvalue weighted by atomic mass is 32.2. The lowest BCUT2D eigenvalue weighted by atomic mass is 10.1. The molecular formula is C10H17N3O5S2. The Hall–Kier alpha value is -0.970. The molecule has 0 radical (unpaired) electrons. The molecule has 1 fully saturated rings. The number of hydrogen-bond donors (Lipinski definition) is 3. The molecule has 8 nitrogen and oxygen atoms in total. The zero-order chi connectivity index (χ0) is 15.0. The van der Waals surface area contributed by atoms with Crippen molar-refractivity contribution < 1.29 is 21.9 Å². The van der Waals surface area contributed by atoms with Crippen LogP contribution < -0.4 is 4.72 Å². The topological polar surface area (TPSA) is 129 Å². The monoisotopic (exact) mass is 323 g/mol. The van der Waals surface area contributed by atoms with Gasteiger partial charge in [-0.25, -0.2) is 21.6 Å². The van der Waals surface area contributed by atoms with Crippen molar-refractivity contribution in [2.24, 2.45) is 5.92 Å². The van der Waals surface area contributed by atoms with E-state index in [2.05, 4.69) is 14.9 Å². The minimum Gasteiger partial charge on any atom is -0.390 e. The summed E-state index contributed by atoms with van der Waals surface area (Å²) in [6.45, 7) is 1.12. The Morgan fingerprint density at radius 1 is 1.50 bits per heavy atom. The van der Waals surface area contributed by atoms with Crippen LogP contribution in [0.2, 0.25) is 0 Å². The number of H-pyrrole nitrogens is 1. The van der Waals surface area contributed by atoms with Gasteiger partial charge in [0.15, 0.2) is 9.84 Å². The zero-order valence-corrected chi connectivity index (χ0v) is 12.6. The van der Waals surface area contributed by atoms with Gasteiger partial charge >= 0.3 is 0 Å². The molecule has 0 amide bonds. The molecule has 2 rings (SSSR count). The number of aliphatic hydroxyl groups is 1. The summed E-state index contributed by atoms with van der Waals surface area (Å²) < 4.78 is 49.4. The normalized spacial score (nSPS) is 22.2. The molecule has 1 aliphatic heterocycles. The molecule has 0 aliphatic carbocycles. The van der Waals surface area contributed by atoms with E-state index in [-0.39, 0.29) is 34.6 Å². The van der Waals surface area contributed by atoms with Crippen LogP contribution in [-0.2, 0) is 26.5 Å². The molecule has 0 spiro atoms. The van der Waals surface area contributed by atoms with Gasteiger partial charge in [0.2, 0.25) is 10.0 Å². The molecule has 2 heterocycles. The summed E-state index contributed by atoms with van der Waals surface area (Å²) in [5, 5.41) is 15.3. The van der Waals surface area contributed by atoms with Gasteiger partial charge in [-0.3, -0.25) is 5.10 Å². The van der Waals surface area contributed by atoms with Crippen LogP contribution in [0, 0.1) is 12.8 Å². The first-order valence-electron chi connectivity index (χ1n) is 6.10. The fraction of sp³-hybridized carbons (Fsp3) is 0.700. The standard InChI is InChI=1S/C10H17N3O5S2/c1-7-10(9(5-14)13-12-7)20(17,18)11-4-8-2-3-19(15,16)6-8/h8,11,14H,2-6H2,1H3,(H,12,13). The van der Waals surface area contributed by atoms with Gasteiger partial charge in [-0.15, -0.1) is 0 Å². The van der Waals surface area contributed by atoms with Crippen LogP contribution in [0.4, 0.5) is 0 Å². The van der Waals surface area contributed by atoms with E-state index in [0.717, 1.165) is 0 Å². The second-order valence-electron chi connectivity index (χ2n) is 4.90. The SMILES string of the molecule is Cc1[nH]nc(CO)c1S(=O)(=O)NCC1CCS(=O)(=O)C1. The third-order valence-corrected chi connectivity index (χ3v) is 6.73. The maximum absolute atomic E-state index is 12.2. The lowest BCUT2D eigenvalue weighted by Crippen LogP contribution is -2.30. The van der Waals surface area contributed by atoms with Crippen molar-refractivity contribution in [1.29, 1.82) is 0 Å². The van der Waals surface area contributed by atoms with Crippen molar-refractivity contribution in [3.8, 4) is 0 Å². The quantitative estimate of drug-likeness (QED) is 0.632. The highest BCUT2D eigenvalue weighted by Crippen LogP contribution is 2.20. The molecule has 114 valence electrons. The molecule has 3 N–H and O–H groups in total. The Morgan fingerprint density at radius 2 is 2.20 bits per heavy atom. The summed E-state index contributed by atoms with van der Waals surface area (Å²) in [5.74, 6) is -0.0989. The summed E-state index contributed by atoms with van der Waals surface area (Å²) in [6.07, 6.45) is 0.460. The number of sulfonamides is 1. The van der Waals surface area contributed by atoms with Gasteiger partial charge in [0.1, 0.15) is 10.6 Å². The van der Waals surface area contributed by atoms with Gasteiger partial charge < -0.3 is 5.11 Å². The number of hydrogen-bond acceptors (Lipinski definition) is 6. The van der Waals surface area contributed by atoms with Crippen molar-refractivity contribution in [1.82, 2.24) is 14.9 Å². The molecule has 1 aromatic heterocycles. The van der Waals surface area contributed by atoms with E-state index in [9.17, 15) is 16.8 Å². The first kappa shape index (κ1) is 15.4. The fourth-order valence-corrected chi connectivity index (χ4v) is 5.60. The summed E-state index contributed by atoms with van der Waals surface area (Å²) in [4.78, 5) is -0.0687. The van der Waals surface area contributed by atoms with Gasteiger partial charge in [-0.05, 0) is 19.3 Å². The number of nitrogens with one attached hydrogen (secondary N) is 2. The van der Waals surface area contributed by atoms with Crippen LogP contribution >= 0.6 is 0 Å². The second-order valence-corrected chi connectivity index (χ2v) is 8.84. The van der Waals surface area contributed by atoms with Crippen LogP contribution in [0.5, 0.6) is 0 Å². The van der Waals surface area contributed by atoms with Crippen molar-refractivity contribution >= 4 is 19.9 Å². The molecule has 1 saturated heterocycles. The number of sulfone groups is 1. The first-order valence-corrected chi connectivity index (χ1v) is 9.40. The minimum absolute atomic E-state index is 0.00669. The van der Waals surface area contributed by atoms with Gasteiger partial charge in [-0.1, -0.05) is 0 Å². The molecule has 0 aromatic carbocycles. The molecule has 10 heteroatoms. The Balaban J connectivity index is 2.10. The highest BCUT2D eigenvalue weighted by molar-refractivity contribution is 7.91. The fourth-order valence-electron chi connectivity index (χ4n) is 2.27. The summed E-state index contributed by atoms with van der Waals surface area (Å²) in [7, 11) is -6.84. The van der Waals surface area contributed by atoms with Crippen molar-refractivity contribution in [2.45, 2.75) is 24.8 Å². The van der Waals surface area contributed by atoms with E-state index in [0.29, 0.717) is 12.1 Å². The number of aliphatic hydroxyl groups excluding tert-OH is 1. The van der Waals surface area contributed by atoms with Crippen LogP contribution in [-0.4, -0.2) is 50.2 Å². The largest absolute Gasteiger partial charge is 0.390 e. The van der Waals surface area contributed by atoms with E-state index in [1.807, 2.05) is 0 Å². The molecule has 1 unspecified atom stereocenters. The van der Waals surface area contributed by atoms with Gasteiger partial charge in [0.25, 0.3) is 0 Å². The molecule has 1 aromatic rings. The predicted octanol–water partition coefficient (Wildman–Crippen LogP) is -1.08. The van der Waals surface area contributed by atoms with E-state index >= 15 is 0 Å². The van der Waals surface area contributed by atoms with Crippen molar-refractivity contribution in [3.63, 3.8) is 0 Å². The lowest BCUT2D eigenvalue weighted by Gasteiger charge is -2.10. The molecule has 1 aliphatic rings. The average molecular weight is 323 g/mol. The van der Waals surface area contributed by atoms with E-state index in [1.54, 1.807) is 6.92 Å². The van der Waals surface area contributed by atoms with Crippen LogP contribution in [0.3, 0.4) is 0 Å². The number of aromatic amines is 1. The maximum atomic E-state index is 12.2. The molecule has 0 saturated carbocycles. The van der Waals surface area contributed by atoms with Crippen molar-refractivity contribution in [3.05, 3.63) is 11.4 Å². The van der Waals surface area contributed by atoms with E-state index in [4.69, 9.17) is 5.11 Å². The lowest BCUT2D eigenvalue weighted by molar-refractivity contribution is 0.273.